The average molecular weight is 377 g/mol. The molecule has 2 aromatic rings. The van der Waals surface area contributed by atoms with E-state index in [9.17, 15) is 9.59 Å². The fourth-order valence-corrected chi connectivity index (χ4v) is 4.67. The van der Waals surface area contributed by atoms with Crippen LogP contribution in [-0.4, -0.2) is 40.3 Å². The van der Waals surface area contributed by atoms with Gasteiger partial charge in [0.25, 0.3) is 0 Å². The summed E-state index contributed by atoms with van der Waals surface area (Å²) in [6, 6.07) is 7.42. The van der Waals surface area contributed by atoms with E-state index >= 15 is 0 Å². The van der Waals surface area contributed by atoms with Crippen molar-refractivity contribution in [2.45, 2.75) is 42.3 Å². The number of amides is 1. The minimum Gasteiger partial charge on any atom is -0.496 e. The van der Waals surface area contributed by atoms with Crippen LogP contribution in [0.4, 0.5) is 5.13 Å². The predicted molar refractivity (Wildman–Crippen MR) is 98.7 cm³/mol. The molecule has 0 bridgehead atoms. The molecule has 1 amide bonds. The van der Waals surface area contributed by atoms with E-state index in [1.54, 1.807) is 31.1 Å². The molecule has 0 radical (unpaired) electrons. The highest BCUT2D eigenvalue weighted by Gasteiger charge is 2.34. The van der Waals surface area contributed by atoms with Gasteiger partial charge in [-0.15, -0.1) is 10.2 Å². The minimum atomic E-state index is -0.330. The van der Waals surface area contributed by atoms with Crippen LogP contribution in [0.25, 0.3) is 0 Å². The Kier molecular flexibility index (Phi) is 5.39. The van der Waals surface area contributed by atoms with Crippen molar-refractivity contribution in [3.8, 4) is 5.75 Å². The van der Waals surface area contributed by atoms with E-state index in [1.807, 2.05) is 19.1 Å². The Labute approximate surface area is 154 Å². The smallest absolute Gasteiger partial charge is 0.225 e. The molecule has 0 aliphatic heterocycles. The third kappa shape index (κ3) is 4.01. The van der Waals surface area contributed by atoms with Crippen LogP contribution in [0.3, 0.4) is 0 Å². The van der Waals surface area contributed by atoms with Crippen LogP contribution in [0.2, 0.25) is 0 Å². The van der Waals surface area contributed by atoms with Crippen molar-refractivity contribution in [3.63, 3.8) is 0 Å². The first-order valence-electron chi connectivity index (χ1n) is 7.98. The maximum absolute atomic E-state index is 12.7. The van der Waals surface area contributed by atoms with Crippen molar-refractivity contribution < 1.29 is 14.3 Å². The van der Waals surface area contributed by atoms with Crippen LogP contribution in [0.15, 0.2) is 28.6 Å². The number of benzene rings is 1. The number of Topliss-reactive ketones (excluding diaryl/α,β-unsaturated/α-hetero) is 1. The van der Waals surface area contributed by atoms with E-state index in [-0.39, 0.29) is 23.0 Å². The van der Waals surface area contributed by atoms with Gasteiger partial charge >= 0.3 is 0 Å². The molecular formula is C17H19N3O3S2. The molecule has 8 heteroatoms. The number of nitrogens with zero attached hydrogens (tertiary/aromatic N) is 3. The van der Waals surface area contributed by atoms with Gasteiger partial charge in [-0.3, -0.25) is 14.5 Å². The van der Waals surface area contributed by atoms with Crippen LogP contribution in [0.1, 0.15) is 37.0 Å². The number of aromatic nitrogens is 2. The molecule has 6 nitrogen and oxygen atoms in total. The molecule has 25 heavy (non-hydrogen) atoms. The quantitative estimate of drug-likeness (QED) is 0.418. The fraction of sp³-hybridized carbons (Fsp3) is 0.412. The highest BCUT2D eigenvalue weighted by Crippen LogP contribution is 2.37. The number of anilines is 1. The maximum Gasteiger partial charge on any atom is 0.225 e. The summed E-state index contributed by atoms with van der Waals surface area (Å²) in [6.45, 7) is 3.38. The molecule has 0 spiro atoms. The SMILES string of the molecule is COc1ccccc1C(=O)C(C)Sc1nnc(N(C(C)=O)C2CC2)s1. The van der Waals surface area contributed by atoms with Gasteiger partial charge in [0.05, 0.1) is 17.9 Å². The third-order valence-corrected chi connectivity index (χ3v) is 5.98. The summed E-state index contributed by atoms with van der Waals surface area (Å²) in [5.74, 6) is 0.521. The van der Waals surface area contributed by atoms with Crippen LogP contribution in [0.5, 0.6) is 5.75 Å². The monoisotopic (exact) mass is 377 g/mol. The van der Waals surface area contributed by atoms with Crippen LogP contribution in [0, 0.1) is 0 Å². The van der Waals surface area contributed by atoms with E-state index < -0.39 is 0 Å². The first-order chi connectivity index (χ1) is 12.0. The molecule has 1 unspecified atom stereocenters. The van der Waals surface area contributed by atoms with E-state index in [0.29, 0.717) is 20.8 Å². The molecule has 3 rings (SSSR count). The summed E-state index contributed by atoms with van der Waals surface area (Å²) in [7, 11) is 1.55. The van der Waals surface area contributed by atoms with Gasteiger partial charge in [0, 0.05) is 13.0 Å². The summed E-state index contributed by atoms with van der Waals surface area (Å²) >= 11 is 2.70. The molecule has 1 fully saturated rings. The van der Waals surface area contributed by atoms with Gasteiger partial charge in [0.2, 0.25) is 11.0 Å². The Morgan fingerprint density at radius 2 is 2.04 bits per heavy atom. The number of rotatable bonds is 7. The number of para-hydroxylation sites is 1. The van der Waals surface area contributed by atoms with Crippen LogP contribution in [-0.2, 0) is 4.79 Å². The molecule has 1 atom stereocenters. The molecule has 1 aliphatic carbocycles. The van der Waals surface area contributed by atoms with Gasteiger partial charge in [-0.05, 0) is 31.9 Å². The topological polar surface area (TPSA) is 72.4 Å². The Balaban J connectivity index is 1.72. The Bertz CT molecular complexity index is 789. The number of thioether (sulfide) groups is 1. The van der Waals surface area contributed by atoms with Crippen molar-refractivity contribution in [2.75, 3.05) is 12.0 Å². The Morgan fingerprint density at radius 3 is 2.68 bits per heavy atom. The zero-order valence-corrected chi connectivity index (χ0v) is 15.9. The van der Waals surface area contributed by atoms with Gasteiger partial charge in [0.1, 0.15) is 5.75 Å². The first-order valence-corrected chi connectivity index (χ1v) is 9.68. The number of carbonyl (C=O) groups excluding carboxylic acids is 2. The molecule has 0 saturated heterocycles. The zero-order valence-electron chi connectivity index (χ0n) is 14.3. The first kappa shape index (κ1) is 17.9. The molecule has 1 aromatic heterocycles. The van der Waals surface area contributed by atoms with Crippen molar-refractivity contribution in [1.82, 2.24) is 10.2 Å². The van der Waals surface area contributed by atoms with Crippen molar-refractivity contribution in [2.24, 2.45) is 0 Å². The van der Waals surface area contributed by atoms with Gasteiger partial charge < -0.3 is 4.74 Å². The minimum absolute atomic E-state index is 0.0200. The predicted octanol–water partition coefficient (Wildman–Crippen LogP) is 3.43. The summed E-state index contributed by atoms with van der Waals surface area (Å²) in [6.07, 6.45) is 2.01. The molecule has 1 heterocycles. The largest absolute Gasteiger partial charge is 0.496 e. The van der Waals surface area contributed by atoms with E-state index in [4.69, 9.17) is 4.74 Å². The second kappa shape index (κ2) is 7.53. The Hall–Kier alpha value is -1.93. The Morgan fingerprint density at radius 1 is 1.32 bits per heavy atom. The molecule has 1 aliphatic rings. The average Bonchev–Trinajstić information content (AvgIpc) is 3.33. The fourth-order valence-electron chi connectivity index (χ4n) is 2.50. The summed E-state index contributed by atoms with van der Waals surface area (Å²) in [5.41, 5.74) is 0.554. The number of hydrogen-bond donors (Lipinski definition) is 0. The van der Waals surface area contributed by atoms with Crippen LogP contribution < -0.4 is 9.64 Å². The number of ether oxygens (including phenoxy) is 1. The van der Waals surface area contributed by atoms with Gasteiger partial charge in [-0.2, -0.15) is 0 Å². The second-order valence-electron chi connectivity index (χ2n) is 5.80. The molecule has 132 valence electrons. The van der Waals surface area contributed by atoms with Gasteiger partial charge in [-0.1, -0.05) is 35.2 Å². The second-order valence-corrected chi connectivity index (χ2v) is 8.34. The summed E-state index contributed by atoms with van der Waals surface area (Å²) in [4.78, 5) is 26.2. The molecule has 0 N–H and O–H groups in total. The third-order valence-electron chi connectivity index (χ3n) is 3.87. The molecule has 1 aromatic carbocycles. The van der Waals surface area contributed by atoms with Crippen molar-refractivity contribution >= 4 is 39.9 Å². The standard InChI is InChI=1S/C17H19N3O3S2/c1-10(15(22)13-6-4-5-7-14(13)23-3)24-17-19-18-16(25-17)20(11(2)21)12-8-9-12/h4-7,10,12H,8-9H2,1-3H3. The molecule has 1 saturated carbocycles. The van der Waals surface area contributed by atoms with Gasteiger partial charge in [-0.25, -0.2) is 0 Å². The zero-order chi connectivity index (χ0) is 18.0. The maximum atomic E-state index is 12.7. The van der Waals surface area contributed by atoms with Crippen molar-refractivity contribution in [1.29, 1.82) is 0 Å². The normalized spacial score (nSPS) is 14.8. The highest BCUT2D eigenvalue weighted by atomic mass is 32.2. The van der Waals surface area contributed by atoms with Crippen LogP contribution >= 0.6 is 23.1 Å². The van der Waals surface area contributed by atoms with Crippen molar-refractivity contribution in [3.05, 3.63) is 29.8 Å². The lowest BCUT2D eigenvalue weighted by Crippen LogP contribution is -2.30. The number of carbonyl (C=O) groups is 2. The summed E-state index contributed by atoms with van der Waals surface area (Å²) in [5, 5.41) is 8.55. The molecular weight excluding hydrogens is 358 g/mol. The number of ketones is 1. The highest BCUT2D eigenvalue weighted by molar-refractivity contribution is 8.02. The van der Waals surface area contributed by atoms with Gasteiger partial charge in [0.15, 0.2) is 10.1 Å². The lowest BCUT2D eigenvalue weighted by molar-refractivity contribution is -0.116. The van der Waals surface area contributed by atoms with E-state index in [2.05, 4.69) is 10.2 Å². The summed E-state index contributed by atoms with van der Waals surface area (Å²) < 4.78 is 5.94. The lowest BCUT2D eigenvalue weighted by Gasteiger charge is -2.15. The lowest BCUT2D eigenvalue weighted by atomic mass is 10.1. The van der Waals surface area contributed by atoms with E-state index in [0.717, 1.165) is 12.8 Å². The number of hydrogen-bond acceptors (Lipinski definition) is 7. The van der Waals surface area contributed by atoms with E-state index in [1.165, 1.54) is 23.1 Å². The number of methoxy groups -OCH3 is 1.